The number of imidazole rings is 1. The molecule has 40 heavy (non-hydrogen) atoms. The molecule has 3 aromatic heterocycles. The van der Waals surface area contributed by atoms with Crippen LogP contribution in [0, 0.1) is 0 Å². The van der Waals surface area contributed by atoms with E-state index in [4.69, 9.17) is 4.74 Å². The van der Waals surface area contributed by atoms with Crippen molar-refractivity contribution in [2.45, 2.75) is 31.6 Å². The normalized spacial score (nSPS) is 13.2. The fourth-order valence-electron chi connectivity index (χ4n) is 3.60. The zero-order valence-electron chi connectivity index (χ0n) is 19.7. The van der Waals surface area contributed by atoms with Crippen LogP contribution >= 0.6 is 0 Å². The number of fused-ring (bicyclic) bond motifs is 1. The summed E-state index contributed by atoms with van der Waals surface area (Å²) in [7, 11) is 1.23. The number of H-pyrrole nitrogens is 1. The third-order valence-electron chi connectivity index (χ3n) is 5.39. The van der Waals surface area contributed by atoms with Crippen LogP contribution in [0.15, 0.2) is 46.1 Å². The van der Waals surface area contributed by atoms with E-state index in [1.165, 1.54) is 7.05 Å². The van der Waals surface area contributed by atoms with Gasteiger partial charge in [0.05, 0.1) is 12.1 Å². The summed E-state index contributed by atoms with van der Waals surface area (Å²) in [5, 5.41) is 9.42. The molecule has 214 valence electrons. The van der Waals surface area contributed by atoms with E-state index in [0.717, 1.165) is 41.1 Å². The van der Waals surface area contributed by atoms with Crippen LogP contribution in [0.3, 0.4) is 0 Å². The number of pyridine rings is 1. The standard InChI is InChI=1S/C22H15F8N5O5/c1-34-14-17(35(20(38)33-18(14)37)8-13(36)21(25,26)27)32-16(34)9-6-12(15(23)24)19(31-7-9)39-10-2-4-11(5-3-10)40-22(28,29)30/h2-7,13,15,36H,8H2,1H3,(H,33,37,38). The second-order valence-electron chi connectivity index (χ2n) is 8.13. The maximum Gasteiger partial charge on any atom is 0.573 e. The van der Waals surface area contributed by atoms with Gasteiger partial charge in [0.25, 0.3) is 12.0 Å². The molecular weight excluding hydrogens is 566 g/mol. The monoisotopic (exact) mass is 581 g/mol. The highest BCUT2D eigenvalue weighted by molar-refractivity contribution is 5.77. The van der Waals surface area contributed by atoms with Gasteiger partial charge >= 0.3 is 18.2 Å². The number of aryl methyl sites for hydroxylation is 1. The van der Waals surface area contributed by atoms with E-state index >= 15 is 0 Å². The van der Waals surface area contributed by atoms with Gasteiger partial charge in [-0.1, -0.05) is 0 Å². The second kappa shape index (κ2) is 10.2. The Kier molecular flexibility index (Phi) is 7.31. The lowest BCUT2D eigenvalue weighted by Gasteiger charge is -2.15. The summed E-state index contributed by atoms with van der Waals surface area (Å²) in [6.45, 7) is -1.31. The first-order valence-electron chi connectivity index (χ1n) is 10.8. The van der Waals surface area contributed by atoms with E-state index in [1.807, 2.05) is 4.98 Å². The predicted molar refractivity (Wildman–Crippen MR) is 119 cm³/mol. The summed E-state index contributed by atoms with van der Waals surface area (Å²) in [4.78, 5) is 34.2. The first kappa shape index (κ1) is 28.5. The molecule has 1 atom stereocenters. The Labute approximate surface area is 216 Å². The number of halogens is 8. The number of benzene rings is 1. The predicted octanol–water partition coefficient (Wildman–Crippen LogP) is 4.04. The third kappa shape index (κ3) is 5.90. The Balaban J connectivity index is 1.74. The number of aromatic amines is 1. The molecule has 10 nitrogen and oxygen atoms in total. The van der Waals surface area contributed by atoms with E-state index < -0.39 is 71.2 Å². The SMILES string of the molecule is Cn1c(-c2cnc(Oc3ccc(OC(F)(F)F)cc3)c(C(F)F)c2)nc2c1c(=O)[nH]c(=O)n2CC(O)C(F)(F)F. The highest BCUT2D eigenvalue weighted by Gasteiger charge is 2.39. The van der Waals surface area contributed by atoms with Gasteiger partial charge in [0.2, 0.25) is 5.88 Å². The quantitative estimate of drug-likeness (QED) is 0.316. The molecule has 2 N–H and O–H groups in total. The van der Waals surface area contributed by atoms with E-state index in [9.17, 15) is 49.8 Å². The van der Waals surface area contributed by atoms with Gasteiger partial charge in [0.1, 0.15) is 17.3 Å². The van der Waals surface area contributed by atoms with Crippen molar-refractivity contribution in [2.75, 3.05) is 0 Å². The number of aromatic nitrogens is 5. The molecule has 0 bridgehead atoms. The van der Waals surface area contributed by atoms with E-state index in [-0.39, 0.29) is 17.1 Å². The number of nitrogens with zero attached hydrogens (tertiary/aromatic N) is 4. The van der Waals surface area contributed by atoms with E-state index in [0.29, 0.717) is 4.57 Å². The van der Waals surface area contributed by atoms with Gasteiger partial charge in [0.15, 0.2) is 17.3 Å². The average molecular weight is 581 g/mol. The first-order chi connectivity index (χ1) is 18.5. The molecule has 18 heteroatoms. The Morgan fingerprint density at radius 2 is 1.68 bits per heavy atom. The highest BCUT2D eigenvalue weighted by atomic mass is 19.4. The number of rotatable bonds is 7. The minimum Gasteiger partial charge on any atom is -0.439 e. The summed E-state index contributed by atoms with van der Waals surface area (Å²) >= 11 is 0. The summed E-state index contributed by atoms with van der Waals surface area (Å²) in [6, 6.07) is 4.64. The Hall–Kier alpha value is -4.48. The summed E-state index contributed by atoms with van der Waals surface area (Å²) in [6.07, 6.45) is -15.3. The van der Waals surface area contributed by atoms with Crippen LogP contribution < -0.4 is 20.7 Å². The Morgan fingerprint density at radius 3 is 2.25 bits per heavy atom. The van der Waals surface area contributed by atoms with Gasteiger partial charge in [0, 0.05) is 18.8 Å². The molecule has 0 saturated heterocycles. The molecule has 0 fully saturated rings. The molecule has 0 spiro atoms. The fourth-order valence-corrected chi connectivity index (χ4v) is 3.60. The summed E-state index contributed by atoms with van der Waals surface area (Å²) in [5.41, 5.74) is -4.27. The van der Waals surface area contributed by atoms with Crippen molar-refractivity contribution in [3.8, 4) is 28.8 Å². The maximum atomic E-state index is 13.9. The fraction of sp³-hybridized carbons (Fsp3) is 0.273. The van der Waals surface area contributed by atoms with Crippen LogP contribution in [-0.4, -0.2) is 47.8 Å². The lowest BCUT2D eigenvalue weighted by molar-refractivity contribution is -0.274. The second-order valence-corrected chi connectivity index (χ2v) is 8.13. The van der Waals surface area contributed by atoms with Crippen LogP contribution in [0.2, 0.25) is 0 Å². The Bertz CT molecular complexity index is 1660. The molecule has 1 unspecified atom stereocenters. The van der Waals surface area contributed by atoms with Crippen LogP contribution in [0.4, 0.5) is 35.1 Å². The molecular formula is C22H15F8N5O5. The van der Waals surface area contributed by atoms with Crippen molar-refractivity contribution >= 4 is 11.2 Å². The van der Waals surface area contributed by atoms with Crippen LogP contribution in [-0.2, 0) is 13.6 Å². The lowest BCUT2D eigenvalue weighted by Crippen LogP contribution is -2.39. The summed E-state index contributed by atoms with van der Waals surface area (Å²) < 4.78 is 114. The van der Waals surface area contributed by atoms with E-state index in [1.54, 1.807) is 0 Å². The highest BCUT2D eigenvalue weighted by Crippen LogP contribution is 2.35. The average Bonchev–Trinajstić information content (AvgIpc) is 3.18. The number of aliphatic hydroxyl groups is 1. The molecule has 0 aliphatic carbocycles. The number of hydrogen-bond donors (Lipinski definition) is 2. The third-order valence-corrected chi connectivity index (χ3v) is 5.39. The molecule has 0 saturated carbocycles. The molecule has 3 heterocycles. The zero-order valence-corrected chi connectivity index (χ0v) is 19.7. The molecule has 0 amide bonds. The van der Waals surface area contributed by atoms with Gasteiger partial charge in [-0.2, -0.15) is 13.2 Å². The van der Waals surface area contributed by atoms with Crippen molar-refractivity contribution in [1.82, 2.24) is 24.1 Å². The molecule has 0 radical (unpaired) electrons. The largest absolute Gasteiger partial charge is 0.573 e. The van der Waals surface area contributed by atoms with Gasteiger partial charge < -0.3 is 19.1 Å². The van der Waals surface area contributed by atoms with Crippen LogP contribution in [0.1, 0.15) is 12.0 Å². The number of ether oxygens (including phenoxy) is 2. The van der Waals surface area contributed by atoms with Gasteiger partial charge in [-0.05, 0) is 30.3 Å². The summed E-state index contributed by atoms with van der Waals surface area (Å²) in [5.74, 6) is -1.64. The first-order valence-corrected chi connectivity index (χ1v) is 10.8. The molecule has 4 aromatic rings. The van der Waals surface area contributed by atoms with Crippen molar-refractivity contribution in [3.05, 3.63) is 62.9 Å². The topological polar surface area (TPSA) is 124 Å². The van der Waals surface area contributed by atoms with E-state index in [2.05, 4.69) is 14.7 Å². The number of nitrogens with one attached hydrogen (secondary N) is 1. The number of aliphatic hydroxyl groups excluding tert-OH is 1. The smallest absolute Gasteiger partial charge is 0.439 e. The Morgan fingerprint density at radius 1 is 1.05 bits per heavy atom. The minimum atomic E-state index is -5.10. The molecule has 4 rings (SSSR count). The maximum absolute atomic E-state index is 13.9. The number of alkyl halides is 8. The van der Waals surface area contributed by atoms with Crippen LogP contribution in [0.5, 0.6) is 17.4 Å². The molecule has 1 aromatic carbocycles. The zero-order chi connectivity index (χ0) is 29.6. The molecule has 0 aliphatic heterocycles. The molecule has 0 aliphatic rings. The van der Waals surface area contributed by atoms with Crippen molar-refractivity contribution in [2.24, 2.45) is 7.05 Å². The van der Waals surface area contributed by atoms with Crippen molar-refractivity contribution in [3.63, 3.8) is 0 Å². The minimum absolute atomic E-state index is 0.162. The van der Waals surface area contributed by atoms with Crippen LogP contribution in [0.25, 0.3) is 22.6 Å². The lowest BCUT2D eigenvalue weighted by atomic mass is 10.2. The number of hydrogen-bond acceptors (Lipinski definition) is 7. The van der Waals surface area contributed by atoms with Crippen molar-refractivity contribution in [1.29, 1.82) is 0 Å². The van der Waals surface area contributed by atoms with Gasteiger partial charge in [-0.3, -0.25) is 14.3 Å². The van der Waals surface area contributed by atoms with Crippen molar-refractivity contribution < 1.29 is 49.7 Å². The van der Waals surface area contributed by atoms with Gasteiger partial charge in [-0.25, -0.2) is 23.5 Å². The van der Waals surface area contributed by atoms with Gasteiger partial charge in [-0.15, -0.1) is 13.2 Å².